The molecule has 0 saturated carbocycles. The molecule has 0 aromatic heterocycles. The first kappa shape index (κ1) is 21.1. The van der Waals surface area contributed by atoms with E-state index < -0.39 is 0 Å². The first-order chi connectivity index (χ1) is 13.2. The lowest BCUT2D eigenvalue weighted by Gasteiger charge is -2.18. The van der Waals surface area contributed by atoms with Gasteiger partial charge in [0.1, 0.15) is 5.75 Å². The number of aliphatic imine (C=N–C) groups is 1. The number of rotatable bonds is 9. The summed E-state index contributed by atoms with van der Waals surface area (Å²) in [6.45, 7) is 9.84. The average Bonchev–Trinajstić information content (AvgIpc) is 3.15. The minimum atomic E-state index is 0.223. The van der Waals surface area contributed by atoms with Crippen molar-refractivity contribution in [2.45, 2.75) is 59.0 Å². The van der Waals surface area contributed by atoms with Crippen LogP contribution in [0.1, 0.15) is 52.0 Å². The van der Waals surface area contributed by atoms with Crippen molar-refractivity contribution < 1.29 is 9.53 Å². The quantitative estimate of drug-likeness (QED) is 0.396. The van der Waals surface area contributed by atoms with Crippen LogP contribution in [-0.4, -0.2) is 49.0 Å². The summed E-state index contributed by atoms with van der Waals surface area (Å²) < 4.78 is 5.78. The minimum absolute atomic E-state index is 0.223. The van der Waals surface area contributed by atoms with Gasteiger partial charge in [0, 0.05) is 32.1 Å². The lowest BCUT2D eigenvalue weighted by Crippen LogP contribution is -2.45. The van der Waals surface area contributed by atoms with E-state index in [4.69, 9.17) is 9.73 Å². The van der Waals surface area contributed by atoms with Gasteiger partial charge in [-0.25, -0.2) is 4.99 Å². The van der Waals surface area contributed by atoms with Crippen molar-refractivity contribution >= 4 is 11.9 Å². The standard InChI is InChI=1S/C21H34N4O2/c1-4-7-13-27-19-10-8-9-17(14-19)15-23-21(22-6-3)24-18-11-12-25(16-18)20(26)5-2/h8-10,14,18H,4-7,11-13,15-16H2,1-3H3,(H2,22,23,24). The van der Waals surface area contributed by atoms with Crippen LogP contribution in [0.3, 0.4) is 0 Å². The number of likely N-dealkylation sites (tertiary alicyclic amines) is 1. The Bertz CT molecular complexity index is 618. The third kappa shape index (κ3) is 7.12. The molecule has 1 heterocycles. The van der Waals surface area contributed by atoms with Crippen molar-refractivity contribution in [2.24, 2.45) is 4.99 Å². The molecule has 6 nitrogen and oxygen atoms in total. The van der Waals surface area contributed by atoms with Crippen LogP contribution in [0.4, 0.5) is 0 Å². The SMILES string of the molecule is CCCCOc1cccc(CN=C(NCC)NC2CCN(C(=O)CC)C2)c1. The molecule has 0 radical (unpaired) electrons. The molecule has 2 N–H and O–H groups in total. The number of amides is 1. The Hall–Kier alpha value is -2.24. The second-order valence-electron chi connectivity index (χ2n) is 6.87. The Labute approximate surface area is 163 Å². The van der Waals surface area contributed by atoms with Gasteiger partial charge >= 0.3 is 0 Å². The van der Waals surface area contributed by atoms with Crippen molar-refractivity contribution in [1.82, 2.24) is 15.5 Å². The number of hydrogen-bond acceptors (Lipinski definition) is 3. The van der Waals surface area contributed by atoms with Gasteiger partial charge in [-0.15, -0.1) is 0 Å². The predicted molar refractivity (Wildman–Crippen MR) is 110 cm³/mol. The van der Waals surface area contributed by atoms with Crippen LogP contribution < -0.4 is 15.4 Å². The third-order valence-corrected chi connectivity index (χ3v) is 4.61. The Morgan fingerprint density at radius 2 is 2.19 bits per heavy atom. The molecule has 150 valence electrons. The second-order valence-corrected chi connectivity index (χ2v) is 6.87. The average molecular weight is 375 g/mol. The van der Waals surface area contributed by atoms with Gasteiger partial charge in [-0.1, -0.05) is 32.4 Å². The zero-order valence-electron chi connectivity index (χ0n) is 17.0. The first-order valence-electron chi connectivity index (χ1n) is 10.2. The fraction of sp³-hybridized carbons (Fsp3) is 0.619. The molecule has 1 amide bonds. The number of benzene rings is 1. The number of hydrogen-bond donors (Lipinski definition) is 2. The number of ether oxygens (including phenoxy) is 1. The molecule has 0 bridgehead atoms. The van der Waals surface area contributed by atoms with Crippen molar-refractivity contribution in [3.63, 3.8) is 0 Å². The van der Waals surface area contributed by atoms with E-state index in [2.05, 4.69) is 36.6 Å². The summed E-state index contributed by atoms with van der Waals surface area (Å²) in [5.74, 6) is 1.92. The Morgan fingerprint density at radius 1 is 1.33 bits per heavy atom. The predicted octanol–water partition coefficient (Wildman–Crippen LogP) is 2.93. The molecule has 1 aromatic carbocycles. The fourth-order valence-electron chi connectivity index (χ4n) is 3.08. The van der Waals surface area contributed by atoms with Crippen LogP contribution in [-0.2, 0) is 11.3 Å². The Balaban J connectivity index is 1.91. The van der Waals surface area contributed by atoms with Crippen LogP contribution in [0.5, 0.6) is 5.75 Å². The molecule has 1 unspecified atom stereocenters. The lowest BCUT2D eigenvalue weighted by atomic mass is 10.2. The highest BCUT2D eigenvalue weighted by atomic mass is 16.5. The van der Waals surface area contributed by atoms with Crippen LogP contribution in [0.2, 0.25) is 0 Å². The van der Waals surface area contributed by atoms with Gasteiger partial charge < -0.3 is 20.3 Å². The summed E-state index contributed by atoms with van der Waals surface area (Å²) in [4.78, 5) is 18.5. The molecule has 27 heavy (non-hydrogen) atoms. The highest BCUT2D eigenvalue weighted by molar-refractivity contribution is 5.80. The van der Waals surface area contributed by atoms with E-state index in [0.29, 0.717) is 13.0 Å². The summed E-state index contributed by atoms with van der Waals surface area (Å²) >= 11 is 0. The molecule has 1 aromatic rings. The number of carbonyl (C=O) groups excluding carboxylic acids is 1. The monoisotopic (exact) mass is 374 g/mol. The molecule has 0 spiro atoms. The van der Waals surface area contributed by atoms with Crippen molar-refractivity contribution in [3.05, 3.63) is 29.8 Å². The van der Waals surface area contributed by atoms with Crippen LogP contribution in [0.15, 0.2) is 29.3 Å². The third-order valence-electron chi connectivity index (χ3n) is 4.61. The Morgan fingerprint density at radius 3 is 2.93 bits per heavy atom. The summed E-state index contributed by atoms with van der Waals surface area (Å²) in [6.07, 6.45) is 3.72. The normalized spacial score (nSPS) is 17.1. The maximum Gasteiger partial charge on any atom is 0.222 e. The zero-order chi connectivity index (χ0) is 19.5. The van der Waals surface area contributed by atoms with E-state index >= 15 is 0 Å². The van der Waals surface area contributed by atoms with Gasteiger partial charge in [-0.2, -0.15) is 0 Å². The van der Waals surface area contributed by atoms with Gasteiger partial charge in [0.05, 0.1) is 13.2 Å². The number of unbranched alkanes of at least 4 members (excludes halogenated alkanes) is 1. The topological polar surface area (TPSA) is 66.0 Å². The van der Waals surface area contributed by atoms with E-state index in [1.807, 2.05) is 24.0 Å². The smallest absolute Gasteiger partial charge is 0.222 e. The molecule has 6 heteroatoms. The highest BCUT2D eigenvalue weighted by Crippen LogP contribution is 2.15. The zero-order valence-corrected chi connectivity index (χ0v) is 17.0. The maximum atomic E-state index is 11.8. The summed E-state index contributed by atoms with van der Waals surface area (Å²) in [6, 6.07) is 8.38. The van der Waals surface area contributed by atoms with Crippen LogP contribution in [0.25, 0.3) is 0 Å². The molecule has 1 fully saturated rings. The molecule has 1 aliphatic heterocycles. The fourth-order valence-corrected chi connectivity index (χ4v) is 3.08. The molecule has 2 rings (SSSR count). The van der Waals surface area contributed by atoms with Gasteiger partial charge in [0.2, 0.25) is 5.91 Å². The summed E-state index contributed by atoms with van der Waals surface area (Å²) in [5, 5.41) is 6.76. The van der Waals surface area contributed by atoms with Gasteiger partial charge in [-0.05, 0) is 37.5 Å². The first-order valence-corrected chi connectivity index (χ1v) is 10.2. The largest absolute Gasteiger partial charge is 0.494 e. The lowest BCUT2D eigenvalue weighted by molar-refractivity contribution is -0.129. The van der Waals surface area contributed by atoms with E-state index in [-0.39, 0.29) is 11.9 Å². The molecule has 1 saturated heterocycles. The van der Waals surface area contributed by atoms with Crippen molar-refractivity contribution in [1.29, 1.82) is 0 Å². The summed E-state index contributed by atoms with van der Waals surface area (Å²) in [7, 11) is 0. The molecular formula is C21H34N4O2. The van der Waals surface area contributed by atoms with Gasteiger partial charge in [0.25, 0.3) is 0 Å². The maximum absolute atomic E-state index is 11.8. The van der Waals surface area contributed by atoms with Crippen LogP contribution in [0, 0.1) is 0 Å². The van der Waals surface area contributed by atoms with E-state index in [1.165, 1.54) is 0 Å². The summed E-state index contributed by atoms with van der Waals surface area (Å²) in [5.41, 5.74) is 1.12. The number of nitrogens with zero attached hydrogens (tertiary/aromatic N) is 2. The van der Waals surface area contributed by atoms with Crippen molar-refractivity contribution in [3.8, 4) is 5.75 Å². The van der Waals surface area contributed by atoms with Crippen LogP contribution >= 0.6 is 0 Å². The molecule has 1 aliphatic rings. The highest BCUT2D eigenvalue weighted by Gasteiger charge is 2.25. The Kier molecular flexibility index (Phi) is 8.95. The number of guanidine groups is 1. The van der Waals surface area contributed by atoms with Gasteiger partial charge in [-0.3, -0.25) is 4.79 Å². The minimum Gasteiger partial charge on any atom is -0.494 e. The molecule has 0 aliphatic carbocycles. The number of carbonyl (C=O) groups is 1. The van der Waals surface area contributed by atoms with E-state index in [0.717, 1.165) is 62.8 Å². The van der Waals surface area contributed by atoms with Crippen molar-refractivity contribution in [2.75, 3.05) is 26.2 Å². The van der Waals surface area contributed by atoms with E-state index in [9.17, 15) is 4.79 Å². The number of nitrogens with one attached hydrogen (secondary N) is 2. The second kappa shape index (κ2) is 11.5. The van der Waals surface area contributed by atoms with Gasteiger partial charge in [0.15, 0.2) is 5.96 Å². The molecular weight excluding hydrogens is 340 g/mol. The van der Waals surface area contributed by atoms with E-state index in [1.54, 1.807) is 0 Å². The molecule has 1 atom stereocenters.